The molecule has 0 unspecified atom stereocenters. The Kier molecular flexibility index (Phi) is 3.76. The number of nitrogens with zero attached hydrogens (tertiary/aromatic N) is 1. The lowest BCUT2D eigenvalue weighted by Crippen LogP contribution is -2.16. The number of aromatic amines is 1. The minimum atomic E-state index is -0.00594. The zero-order valence-electron chi connectivity index (χ0n) is 10.8. The van der Waals surface area contributed by atoms with Gasteiger partial charge in [-0.3, -0.25) is 0 Å². The van der Waals surface area contributed by atoms with Crippen molar-refractivity contribution >= 4 is 39.5 Å². The van der Waals surface area contributed by atoms with Gasteiger partial charge < -0.3 is 4.98 Å². The third-order valence-electron chi connectivity index (χ3n) is 2.72. The van der Waals surface area contributed by atoms with Gasteiger partial charge in [-0.2, -0.15) is 11.3 Å². The Balaban J connectivity index is 2.70. The number of aromatic nitrogens is 2. The Labute approximate surface area is 125 Å². The Morgan fingerprint density at radius 2 is 2.00 bits per heavy atom. The molecular formula is C13H15BrN2S2. The predicted molar refractivity (Wildman–Crippen MR) is 83.9 cm³/mol. The molecule has 0 saturated heterocycles. The molecule has 0 aromatic carbocycles. The van der Waals surface area contributed by atoms with Gasteiger partial charge in [-0.15, -0.1) is 0 Å². The summed E-state index contributed by atoms with van der Waals surface area (Å²) >= 11 is 10.6. The molecular weight excluding hydrogens is 328 g/mol. The van der Waals surface area contributed by atoms with Gasteiger partial charge in [-0.25, -0.2) is 4.98 Å². The first-order valence-electron chi connectivity index (χ1n) is 5.64. The number of hydrogen-bond donors (Lipinski definition) is 1. The SMILES string of the molecule is Cc1cscc1-c1nc(=S)c(Br)c(C(C)(C)C)[nH]1. The fourth-order valence-electron chi connectivity index (χ4n) is 1.71. The molecule has 2 aromatic rings. The fraction of sp³-hybridized carbons (Fsp3) is 0.385. The van der Waals surface area contributed by atoms with Crippen LogP contribution in [0.2, 0.25) is 0 Å². The van der Waals surface area contributed by atoms with Gasteiger partial charge in [0.1, 0.15) is 10.5 Å². The first-order valence-corrected chi connectivity index (χ1v) is 7.78. The van der Waals surface area contributed by atoms with Gasteiger partial charge in [0.15, 0.2) is 0 Å². The van der Waals surface area contributed by atoms with Crippen LogP contribution in [0.3, 0.4) is 0 Å². The van der Waals surface area contributed by atoms with E-state index >= 15 is 0 Å². The highest BCUT2D eigenvalue weighted by Gasteiger charge is 2.20. The second kappa shape index (κ2) is 4.87. The molecule has 0 bridgehead atoms. The van der Waals surface area contributed by atoms with E-state index in [4.69, 9.17) is 12.2 Å². The summed E-state index contributed by atoms with van der Waals surface area (Å²) in [5, 5.41) is 4.22. The molecule has 1 N–H and O–H groups in total. The number of nitrogens with one attached hydrogen (secondary N) is 1. The highest BCUT2D eigenvalue weighted by atomic mass is 79.9. The maximum atomic E-state index is 5.34. The molecule has 18 heavy (non-hydrogen) atoms. The monoisotopic (exact) mass is 342 g/mol. The summed E-state index contributed by atoms with van der Waals surface area (Å²) in [6.07, 6.45) is 0. The van der Waals surface area contributed by atoms with E-state index in [9.17, 15) is 0 Å². The van der Waals surface area contributed by atoms with Crippen molar-refractivity contribution in [1.29, 1.82) is 0 Å². The number of hydrogen-bond acceptors (Lipinski definition) is 3. The van der Waals surface area contributed by atoms with Gasteiger partial charge in [0.2, 0.25) is 0 Å². The maximum absolute atomic E-state index is 5.34. The van der Waals surface area contributed by atoms with Gasteiger partial charge in [-0.05, 0) is 33.8 Å². The van der Waals surface area contributed by atoms with Crippen LogP contribution in [0.1, 0.15) is 32.0 Å². The Bertz CT molecular complexity index is 635. The van der Waals surface area contributed by atoms with E-state index < -0.39 is 0 Å². The molecule has 2 heterocycles. The Hall–Kier alpha value is -0.520. The molecule has 0 aliphatic heterocycles. The Morgan fingerprint density at radius 3 is 2.50 bits per heavy atom. The van der Waals surface area contributed by atoms with E-state index in [1.165, 1.54) is 5.56 Å². The van der Waals surface area contributed by atoms with E-state index in [-0.39, 0.29) is 5.41 Å². The highest BCUT2D eigenvalue weighted by Crippen LogP contribution is 2.31. The summed E-state index contributed by atoms with van der Waals surface area (Å²) in [7, 11) is 0. The topological polar surface area (TPSA) is 28.7 Å². The van der Waals surface area contributed by atoms with E-state index in [0.717, 1.165) is 21.6 Å². The lowest BCUT2D eigenvalue weighted by molar-refractivity contribution is 0.563. The fourth-order valence-corrected chi connectivity index (χ4v) is 3.51. The molecule has 0 spiro atoms. The molecule has 0 fully saturated rings. The zero-order chi connectivity index (χ0) is 13.5. The molecule has 96 valence electrons. The smallest absolute Gasteiger partial charge is 0.144 e. The summed E-state index contributed by atoms with van der Waals surface area (Å²) in [5.74, 6) is 0.854. The van der Waals surface area contributed by atoms with Crippen molar-refractivity contribution in [2.75, 3.05) is 0 Å². The second-order valence-corrected chi connectivity index (χ2v) is 7.22. The van der Waals surface area contributed by atoms with Crippen molar-refractivity contribution in [2.24, 2.45) is 0 Å². The molecule has 0 aliphatic carbocycles. The summed E-state index contributed by atoms with van der Waals surface area (Å²) in [4.78, 5) is 7.89. The van der Waals surface area contributed by atoms with Crippen LogP contribution in [-0.2, 0) is 5.41 Å². The summed E-state index contributed by atoms with van der Waals surface area (Å²) in [5.41, 5.74) is 3.43. The molecule has 5 heteroatoms. The minimum Gasteiger partial charge on any atom is -0.342 e. The van der Waals surface area contributed by atoms with Crippen LogP contribution in [0.25, 0.3) is 11.4 Å². The van der Waals surface area contributed by atoms with E-state index in [0.29, 0.717) is 4.64 Å². The van der Waals surface area contributed by atoms with Crippen LogP contribution in [0, 0.1) is 11.6 Å². The summed E-state index contributed by atoms with van der Waals surface area (Å²) in [6, 6.07) is 0. The van der Waals surface area contributed by atoms with Gasteiger partial charge in [0.25, 0.3) is 0 Å². The van der Waals surface area contributed by atoms with Gasteiger partial charge >= 0.3 is 0 Å². The van der Waals surface area contributed by atoms with E-state index in [1.54, 1.807) is 11.3 Å². The van der Waals surface area contributed by atoms with Gasteiger partial charge in [-0.1, -0.05) is 33.0 Å². The quantitative estimate of drug-likeness (QED) is 0.718. The van der Waals surface area contributed by atoms with Crippen LogP contribution >= 0.6 is 39.5 Å². The number of H-pyrrole nitrogens is 1. The summed E-state index contributed by atoms with van der Waals surface area (Å²) in [6.45, 7) is 8.55. The van der Waals surface area contributed by atoms with Crippen LogP contribution in [0.15, 0.2) is 15.2 Å². The van der Waals surface area contributed by atoms with Crippen molar-refractivity contribution < 1.29 is 0 Å². The average molecular weight is 343 g/mol. The van der Waals surface area contributed by atoms with Gasteiger partial charge in [0.05, 0.1) is 4.47 Å². The largest absolute Gasteiger partial charge is 0.342 e. The molecule has 0 radical (unpaired) electrons. The molecule has 2 aromatic heterocycles. The first kappa shape index (κ1) is 13.9. The molecule has 0 amide bonds. The van der Waals surface area contributed by atoms with Crippen molar-refractivity contribution in [1.82, 2.24) is 9.97 Å². The average Bonchev–Trinajstić information content (AvgIpc) is 2.66. The summed E-state index contributed by atoms with van der Waals surface area (Å²) < 4.78 is 1.50. The normalized spacial score (nSPS) is 11.8. The molecule has 2 rings (SSSR count). The first-order chi connectivity index (χ1) is 8.30. The van der Waals surface area contributed by atoms with Crippen molar-refractivity contribution in [3.05, 3.63) is 31.1 Å². The lowest BCUT2D eigenvalue weighted by atomic mass is 9.92. The zero-order valence-corrected chi connectivity index (χ0v) is 14.0. The van der Waals surface area contributed by atoms with E-state index in [1.807, 2.05) is 0 Å². The van der Waals surface area contributed by atoms with Crippen LogP contribution in [-0.4, -0.2) is 9.97 Å². The van der Waals surface area contributed by atoms with Crippen LogP contribution in [0.5, 0.6) is 0 Å². The molecule has 0 aliphatic rings. The van der Waals surface area contributed by atoms with Crippen molar-refractivity contribution in [2.45, 2.75) is 33.1 Å². The molecule has 0 atom stereocenters. The number of aryl methyl sites for hydroxylation is 1. The minimum absolute atomic E-state index is 0.00594. The maximum Gasteiger partial charge on any atom is 0.144 e. The van der Waals surface area contributed by atoms with Crippen LogP contribution < -0.4 is 0 Å². The second-order valence-electron chi connectivity index (χ2n) is 5.30. The standard InChI is InChI=1S/C13H15BrN2S2/c1-7-5-18-6-8(7)11-15-10(13(2,3)4)9(14)12(17)16-11/h5-6H,1-4H3,(H,15,16,17). The predicted octanol–water partition coefficient (Wildman–Crippen LogP) is 5.24. The van der Waals surface area contributed by atoms with E-state index in [2.05, 4.69) is 64.4 Å². The molecule has 0 saturated carbocycles. The van der Waals surface area contributed by atoms with Crippen molar-refractivity contribution in [3.8, 4) is 11.4 Å². The third kappa shape index (κ3) is 2.58. The number of halogens is 1. The highest BCUT2D eigenvalue weighted by molar-refractivity contribution is 9.10. The third-order valence-corrected chi connectivity index (χ3v) is 4.92. The Morgan fingerprint density at radius 1 is 1.33 bits per heavy atom. The lowest BCUT2D eigenvalue weighted by Gasteiger charge is -2.21. The molecule has 2 nitrogen and oxygen atoms in total. The number of rotatable bonds is 1. The van der Waals surface area contributed by atoms with Gasteiger partial charge in [0, 0.05) is 22.1 Å². The number of thiophene rings is 1. The van der Waals surface area contributed by atoms with Crippen molar-refractivity contribution in [3.63, 3.8) is 0 Å². The van der Waals surface area contributed by atoms with Crippen LogP contribution in [0.4, 0.5) is 0 Å².